The van der Waals surface area contributed by atoms with Gasteiger partial charge in [-0.15, -0.1) is 0 Å². The molecule has 3 nitrogen and oxygen atoms in total. The lowest BCUT2D eigenvalue weighted by Crippen LogP contribution is -1.97. The van der Waals surface area contributed by atoms with Crippen molar-refractivity contribution in [2.75, 3.05) is 13.1 Å². The number of hydrogen-bond donors (Lipinski definition) is 1. The van der Waals surface area contributed by atoms with Crippen molar-refractivity contribution in [1.82, 2.24) is 0 Å². The van der Waals surface area contributed by atoms with Gasteiger partial charge < -0.3 is 5.73 Å². The maximum absolute atomic E-state index is 5.16. The fourth-order valence-electron chi connectivity index (χ4n) is 0.396. The molecular formula is C7H13N3. The Morgan fingerprint density at radius 3 is 2.90 bits per heavy atom. The van der Waals surface area contributed by atoms with Crippen LogP contribution in [-0.2, 0) is 0 Å². The Morgan fingerprint density at radius 1 is 1.50 bits per heavy atom. The van der Waals surface area contributed by atoms with Gasteiger partial charge in [0.25, 0.3) is 0 Å². The summed E-state index contributed by atoms with van der Waals surface area (Å²) in [6.07, 6.45) is 6.97. The molecule has 0 atom stereocenters. The van der Waals surface area contributed by atoms with E-state index in [4.69, 9.17) is 5.73 Å². The Hall–Kier alpha value is -0.960. The third kappa shape index (κ3) is 7.04. The summed E-state index contributed by atoms with van der Waals surface area (Å²) in [6, 6.07) is 0. The summed E-state index contributed by atoms with van der Waals surface area (Å²) in [7, 11) is 0. The lowest BCUT2D eigenvalue weighted by atomic mass is 10.6. The average Bonchev–Trinajstić information content (AvgIpc) is 1.97. The quantitative estimate of drug-likeness (QED) is 0.570. The molecule has 0 saturated heterocycles. The van der Waals surface area contributed by atoms with Crippen molar-refractivity contribution in [2.45, 2.75) is 6.92 Å². The van der Waals surface area contributed by atoms with E-state index in [2.05, 4.69) is 9.98 Å². The summed E-state index contributed by atoms with van der Waals surface area (Å²) < 4.78 is 0. The van der Waals surface area contributed by atoms with Crippen LogP contribution in [0.4, 0.5) is 0 Å². The first-order chi connectivity index (χ1) is 4.91. The Balaban J connectivity index is 3.28. The van der Waals surface area contributed by atoms with E-state index < -0.39 is 0 Å². The van der Waals surface area contributed by atoms with Gasteiger partial charge >= 0.3 is 0 Å². The summed E-state index contributed by atoms with van der Waals surface area (Å²) in [5.74, 6) is 0. The van der Waals surface area contributed by atoms with Crippen molar-refractivity contribution >= 4 is 12.4 Å². The molecular weight excluding hydrogens is 126 g/mol. The highest BCUT2D eigenvalue weighted by Crippen LogP contribution is 1.74. The van der Waals surface area contributed by atoms with Crippen molar-refractivity contribution in [1.29, 1.82) is 0 Å². The largest absolute Gasteiger partial charge is 0.326 e. The van der Waals surface area contributed by atoms with E-state index in [0.29, 0.717) is 13.1 Å². The fourth-order valence-corrected chi connectivity index (χ4v) is 0.396. The maximum Gasteiger partial charge on any atom is 0.0583 e. The standard InChI is InChI=1S/C7H13N3/c1-2-9-5-3-6-10-7-4-8/h2-3,6-7H,4-5,8H2,1H3/b6-3-,9-2?,10-7?. The Bertz CT molecular complexity index is 136. The first kappa shape index (κ1) is 9.04. The minimum Gasteiger partial charge on any atom is -0.326 e. The van der Waals surface area contributed by atoms with Gasteiger partial charge in [-0.3, -0.25) is 9.98 Å². The van der Waals surface area contributed by atoms with Gasteiger partial charge in [-0.25, -0.2) is 0 Å². The van der Waals surface area contributed by atoms with Crippen LogP contribution in [0.2, 0.25) is 0 Å². The van der Waals surface area contributed by atoms with Crippen LogP contribution in [0.25, 0.3) is 0 Å². The fraction of sp³-hybridized carbons (Fsp3) is 0.429. The van der Waals surface area contributed by atoms with Crippen molar-refractivity contribution in [3.63, 3.8) is 0 Å². The maximum atomic E-state index is 5.16. The van der Waals surface area contributed by atoms with Crippen molar-refractivity contribution < 1.29 is 0 Å². The second kappa shape index (κ2) is 8.04. The second-order valence-corrected chi connectivity index (χ2v) is 1.58. The molecule has 0 aliphatic rings. The van der Waals surface area contributed by atoms with Crippen LogP contribution in [0.5, 0.6) is 0 Å². The lowest BCUT2D eigenvalue weighted by Gasteiger charge is -1.78. The first-order valence-corrected chi connectivity index (χ1v) is 3.23. The van der Waals surface area contributed by atoms with Gasteiger partial charge in [0.2, 0.25) is 0 Å². The molecule has 3 heteroatoms. The Kier molecular flexibility index (Phi) is 7.27. The van der Waals surface area contributed by atoms with Crippen LogP contribution in [0.15, 0.2) is 22.3 Å². The van der Waals surface area contributed by atoms with Gasteiger partial charge in [0.1, 0.15) is 0 Å². The van der Waals surface area contributed by atoms with E-state index in [-0.39, 0.29) is 0 Å². The molecule has 0 aliphatic heterocycles. The summed E-state index contributed by atoms with van der Waals surface area (Å²) in [5.41, 5.74) is 5.16. The zero-order valence-electron chi connectivity index (χ0n) is 6.20. The summed E-state index contributed by atoms with van der Waals surface area (Å²) in [5, 5.41) is 0. The number of aliphatic imine (C=N–C) groups is 2. The topological polar surface area (TPSA) is 50.7 Å². The normalized spacial score (nSPS) is 12.6. The molecule has 0 unspecified atom stereocenters. The van der Waals surface area contributed by atoms with Gasteiger partial charge in [-0.1, -0.05) is 0 Å². The summed E-state index contributed by atoms with van der Waals surface area (Å²) in [6.45, 7) is 3.07. The molecule has 0 radical (unpaired) electrons. The second-order valence-electron chi connectivity index (χ2n) is 1.58. The van der Waals surface area contributed by atoms with Crippen LogP contribution in [-0.4, -0.2) is 25.5 Å². The molecule has 0 spiro atoms. The first-order valence-electron chi connectivity index (χ1n) is 3.23. The highest BCUT2D eigenvalue weighted by atomic mass is 14.7. The van der Waals surface area contributed by atoms with E-state index in [0.717, 1.165) is 0 Å². The molecule has 0 bridgehead atoms. The molecule has 56 valence electrons. The molecule has 0 fully saturated rings. The van der Waals surface area contributed by atoms with E-state index >= 15 is 0 Å². The van der Waals surface area contributed by atoms with E-state index in [1.54, 1.807) is 18.6 Å². The van der Waals surface area contributed by atoms with E-state index in [9.17, 15) is 0 Å². The summed E-state index contributed by atoms with van der Waals surface area (Å²) in [4.78, 5) is 7.81. The van der Waals surface area contributed by atoms with Crippen molar-refractivity contribution in [3.05, 3.63) is 12.3 Å². The molecule has 10 heavy (non-hydrogen) atoms. The van der Waals surface area contributed by atoms with Crippen LogP contribution < -0.4 is 5.73 Å². The van der Waals surface area contributed by atoms with Crippen LogP contribution in [0, 0.1) is 0 Å². The molecule has 0 aliphatic carbocycles. The molecule has 0 aromatic rings. The molecule has 0 heterocycles. The van der Waals surface area contributed by atoms with Gasteiger partial charge in [-0.2, -0.15) is 0 Å². The highest BCUT2D eigenvalue weighted by molar-refractivity contribution is 5.59. The number of hydrogen-bond acceptors (Lipinski definition) is 3. The van der Waals surface area contributed by atoms with Crippen LogP contribution in [0.3, 0.4) is 0 Å². The zero-order chi connectivity index (χ0) is 7.66. The van der Waals surface area contributed by atoms with Crippen LogP contribution >= 0.6 is 0 Å². The van der Waals surface area contributed by atoms with Gasteiger partial charge in [-0.05, 0) is 19.2 Å². The predicted molar refractivity (Wildman–Crippen MR) is 45.7 cm³/mol. The van der Waals surface area contributed by atoms with Gasteiger partial charge in [0.15, 0.2) is 0 Å². The minimum atomic E-state index is 0.487. The minimum absolute atomic E-state index is 0.487. The monoisotopic (exact) mass is 139 g/mol. The average molecular weight is 139 g/mol. The van der Waals surface area contributed by atoms with Crippen molar-refractivity contribution in [3.8, 4) is 0 Å². The molecule has 0 aromatic carbocycles. The third-order valence-electron chi connectivity index (χ3n) is 0.796. The Labute approximate surface area is 61.4 Å². The SMILES string of the molecule is CC=NC/C=C\N=CCN. The molecule has 0 rings (SSSR count). The predicted octanol–water partition coefficient (Wildman–Crippen LogP) is 0.620. The van der Waals surface area contributed by atoms with E-state index in [1.807, 2.05) is 13.0 Å². The number of rotatable bonds is 4. The smallest absolute Gasteiger partial charge is 0.0583 e. The number of nitrogens with two attached hydrogens (primary N) is 1. The molecule has 0 aromatic heterocycles. The highest BCUT2D eigenvalue weighted by Gasteiger charge is 1.66. The molecule has 2 N–H and O–H groups in total. The number of nitrogens with zero attached hydrogens (tertiary/aromatic N) is 2. The van der Waals surface area contributed by atoms with Gasteiger partial charge in [0.05, 0.1) is 6.54 Å². The third-order valence-corrected chi connectivity index (χ3v) is 0.796. The zero-order valence-corrected chi connectivity index (χ0v) is 6.20. The Morgan fingerprint density at radius 2 is 2.30 bits per heavy atom. The van der Waals surface area contributed by atoms with E-state index in [1.165, 1.54) is 0 Å². The lowest BCUT2D eigenvalue weighted by molar-refractivity contribution is 1.24. The van der Waals surface area contributed by atoms with Gasteiger partial charge in [0, 0.05) is 19.0 Å². The summed E-state index contributed by atoms with van der Waals surface area (Å²) >= 11 is 0. The van der Waals surface area contributed by atoms with Crippen LogP contribution in [0.1, 0.15) is 6.92 Å². The molecule has 0 amide bonds. The molecule has 0 saturated carbocycles. The van der Waals surface area contributed by atoms with Crippen molar-refractivity contribution in [2.24, 2.45) is 15.7 Å².